The van der Waals surface area contributed by atoms with E-state index in [0.717, 1.165) is 62.6 Å². The first-order chi connectivity index (χ1) is 28.6. The van der Waals surface area contributed by atoms with Crippen molar-refractivity contribution in [2.24, 2.45) is 75.2 Å². The van der Waals surface area contributed by atoms with Gasteiger partial charge in [-0.2, -0.15) is 0 Å². The average Bonchev–Trinajstić information content (AvgIpc) is 3.68. The van der Waals surface area contributed by atoms with Crippen molar-refractivity contribution in [1.29, 1.82) is 0 Å². The van der Waals surface area contributed by atoms with E-state index in [1.165, 1.54) is 44.2 Å². The average molecular weight is 798 g/mol. The fourth-order valence-corrected chi connectivity index (χ4v) is 19.7. The Morgan fingerprint density at radius 2 is 1.75 bits per heavy atom. The van der Waals surface area contributed by atoms with Crippen LogP contribution in [0.2, 0.25) is 0 Å². The molecule has 19 unspecified atom stereocenters. The summed E-state index contributed by atoms with van der Waals surface area (Å²) >= 11 is 0. The number of aliphatic hydroxyl groups excluding tert-OH is 1. The number of allylic oxidation sites excluding steroid dienone is 2. The van der Waals surface area contributed by atoms with E-state index in [2.05, 4.69) is 54.8 Å². The van der Waals surface area contributed by atoms with Gasteiger partial charge < -0.3 is 20.3 Å². The van der Waals surface area contributed by atoms with E-state index in [0.29, 0.717) is 78.4 Å². The van der Waals surface area contributed by atoms with Crippen LogP contribution in [0.1, 0.15) is 126 Å². The summed E-state index contributed by atoms with van der Waals surface area (Å²) in [6, 6.07) is 8.12. The molecule has 59 heavy (non-hydrogen) atoms. The Hall–Kier alpha value is -2.94. The zero-order chi connectivity index (χ0) is 39.7. The van der Waals surface area contributed by atoms with Crippen LogP contribution in [0.5, 0.6) is 0 Å². The highest BCUT2D eigenvalue weighted by Crippen LogP contribution is 2.89. The molecule has 0 aromatic heterocycles. The van der Waals surface area contributed by atoms with Gasteiger partial charge in [0.15, 0.2) is 11.4 Å². The summed E-state index contributed by atoms with van der Waals surface area (Å²) < 4.78 is 14.2. The van der Waals surface area contributed by atoms with E-state index in [1.807, 2.05) is 0 Å². The monoisotopic (exact) mass is 797 g/mol. The van der Waals surface area contributed by atoms with Gasteiger partial charge in [0.2, 0.25) is 0 Å². The second-order valence-corrected chi connectivity index (χ2v) is 22.8. The zero-order valence-corrected chi connectivity index (χ0v) is 35.4. The molecule has 14 aliphatic rings. The van der Waals surface area contributed by atoms with Gasteiger partial charge in [0.1, 0.15) is 11.2 Å². The van der Waals surface area contributed by atoms with Crippen LogP contribution in [0, 0.1) is 69.5 Å². The number of esters is 2. The molecule has 8 nitrogen and oxygen atoms in total. The number of benzene rings is 1. The van der Waals surface area contributed by atoms with E-state index in [-0.39, 0.29) is 52.8 Å². The number of rotatable bonds is 3. The summed E-state index contributed by atoms with van der Waals surface area (Å²) in [4.78, 5) is 36.8. The van der Waals surface area contributed by atoms with E-state index < -0.39 is 16.4 Å². The second kappa shape index (κ2) is 11.4. The summed E-state index contributed by atoms with van der Waals surface area (Å²) in [5.74, 6) is 3.37. The summed E-state index contributed by atoms with van der Waals surface area (Å²) in [6.45, 7) is 10.2. The molecule has 1 aromatic rings. The van der Waals surface area contributed by atoms with Crippen LogP contribution in [-0.2, 0) is 26.3 Å². The lowest BCUT2D eigenvalue weighted by atomic mass is 9.26. The molecule has 6 aliphatic carbocycles. The molecule has 0 amide bonds. The van der Waals surface area contributed by atoms with E-state index in [4.69, 9.17) is 15.2 Å². The predicted octanol–water partition coefficient (Wildman–Crippen LogP) is 7.97. The number of fused-ring (bicyclic) bond motifs is 4. The van der Waals surface area contributed by atoms with Crippen molar-refractivity contribution in [1.82, 2.24) is 9.80 Å². The lowest BCUT2D eigenvalue weighted by Crippen LogP contribution is -2.79. The van der Waals surface area contributed by atoms with Crippen LogP contribution >= 0.6 is 0 Å². The number of hydrogen-bond acceptors (Lipinski definition) is 8. The van der Waals surface area contributed by atoms with Gasteiger partial charge in [-0.1, -0.05) is 49.3 Å². The van der Waals surface area contributed by atoms with E-state index >= 15 is 4.79 Å². The van der Waals surface area contributed by atoms with Gasteiger partial charge in [-0.15, -0.1) is 0 Å². The third-order valence-electron chi connectivity index (χ3n) is 21.4. The van der Waals surface area contributed by atoms with Gasteiger partial charge in [0, 0.05) is 66.5 Å². The van der Waals surface area contributed by atoms with E-state index in [9.17, 15) is 9.90 Å². The molecule has 0 radical (unpaired) electrons. The number of piperidine rings is 4. The minimum Gasteiger partial charge on any atom is -0.508 e. The minimum absolute atomic E-state index is 0.127. The van der Waals surface area contributed by atoms with Crippen molar-refractivity contribution >= 4 is 11.9 Å². The molecule has 19 atom stereocenters. The van der Waals surface area contributed by atoms with Crippen molar-refractivity contribution in [2.45, 2.75) is 140 Å². The van der Waals surface area contributed by atoms with Gasteiger partial charge in [-0.3, -0.25) is 14.6 Å². The van der Waals surface area contributed by atoms with Crippen molar-refractivity contribution in [3.05, 3.63) is 69.2 Å². The second-order valence-electron chi connectivity index (χ2n) is 22.8. The number of nitrogens with zero attached hydrogens (tertiary/aromatic N) is 2. The van der Waals surface area contributed by atoms with Crippen LogP contribution < -0.4 is 5.73 Å². The van der Waals surface area contributed by atoms with Gasteiger partial charge in [-0.05, 0) is 150 Å². The molecule has 3 saturated carbocycles. The molecule has 3 N–H and O–H groups in total. The highest BCUT2D eigenvalue weighted by Gasteiger charge is 2.94. The highest BCUT2D eigenvalue weighted by atomic mass is 16.6. The molecule has 312 valence electrons. The quantitative estimate of drug-likeness (QED) is 0.235. The first-order valence-corrected chi connectivity index (χ1v) is 24.3. The SMILES string of the molecule is CC1C=C2CCC34CC2C2=C5CCC67C(=C(O)C8CCC9C%10CC(CN9C8C)C8CCC(CC3C)C(C54)N8C%10)OC(=O)C26C(C1)C71OC(=O)c2c(CCCN)cccc21. The van der Waals surface area contributed by atoms with Crippen molar-refractivity contribution < 1.29 is 24.2 Å². The smallest absolute Gasteiger partial charge is 0.339 e. The number of aliphatic hydroxyl groups is 1. The maximum Gasteiger partial charge on any atom is 0.339 e. The molecule has 8 aliphatic heterocycles. The van der Waals surface area contributed by atoms with Gasteiger partial charge in [0.25, 0.3) is 0 Å². The lowest BCUT2D eigenvalue weighted by Gasteiger charge is -2.75. The third kappa shape index (κ3) is 3.69. The number of carbonyl (C=O) groups excluding carboxylic acids is 2. The number of hydrogen-bond donors (Lipinski definition) is 2. The van der Waals surface area contributed by atoms with Crippen molar-refractivity contribution in [3.63, 3.8) is 0 Å². The van der Waals surface area contributed by atoms with Crippen LogP contribution in [0.3, 0.4) is 0 Å². The molecular formula is C51H63N3O5. The fraction of sp³-hybridized carbons (Fsp3) is 0.725. The predicted molar refractivity (Wildman–Crippen MR) is 221 cm³/mol. The lowest BCUT2D eigenvalue weighted by molar-refractivity contribution is -0.284. The topological polar surface area (TPSA) is 105 Å². The molecule has 15 rings (SSSR count). The van der Waals surface area contributed by atoms with Crippen LogP contribution in [0.4, 0.5) is 0 Å². The molecule has 4 spiro atoms. The molecule has 8 fully saturated rings. The van der Waals surface area contributed by atoms with Gasteiger partial charge in [-0.25, -0.2) is 4.79 Å². The zero-order valence-electron chi connectivity index (χ0n) is 35.4. The maximum absolute atomic E-state index is 16.0. The molecule has 5 saturated heterocycles. The van der Waals surface area contributed by atoms with Crippen LogP contribution in [0.15, 0.2) is 52.5 Å². The standard InChI is InChI=1S/C51H63N3O5/c1-25-18-29-13-15-48-22-35(29)41-34-14-16-49-45(58-47(57)50(41,49)39(19-25)51(49)36-8-4-6-28(7-5-17-52)40(36)46(56)59-51)44(55)33-10-12-37-32-21-31(23-53(37)27(33)3)38-11-9-30(20-26(48)2)43(42(34)48)54(38)24-32/h4,6,8,18,25-27,30-33,35,37-39,42-43,55H,5,7,9-17,19-24,52H2,1-3H3. The van der Waals surface area contributed by atoms with Crippen LogP contribution in [0.25, 0.3) is 0 Å². The third-order valence-corrected chi connectivity index (χ3v) is 21.4. The fourth-order valence-electron chi connectivity index (χ4n) is 19.7. The first kappa shape index (κ1) is 35.6. The van der Waals surface area contributed by atoms with Gasteiger partial charge >= 0.3 is 11.9 Å². The molecular weight excluding hydrogens is 735 g/mol. The molecule has 8 heteroatoms. The number of aryl methyl sites for hydroxylation is 1. The molecule has 1 aromatic carbocycles. The summed E-state index contributed by atoms with van der Waals surface area (Å²) in [5, 5.41) is 13.3. The van der Waals surface area contributed by atoms with Crippen LogP contribution in [-0.4, -0.2) is 70.6 Å². The van der Waals surface area contributed by atoms with Gasteiger partial charge in [0.05, 0.1) is 11.0 Å². The minimum atomic E-state index is -1.11. The Labute approximate surface area is 349 Å². The Balaban J connectivity index is 1.10. The normalized spacial score (nSPS) is 53.5. The van der Waals surface area contributed by atoms with E-state index in [1.54, 1.807) is 11.1 Å². The Bertz CT molecular complexity index is 2240. The number of nitrogens with two attached hydrogens (primary N) is 1. The summed E-state index contributed by atoms with van der Waals surface area (Å²) in [6.07, 6.45) is 17.1. The first-order valence-electron chi connectivity index (χ1n) is 24.3. The largest absolute Gasteiger partial charge is 0.508 e. The molecule has 12 bridgehead atoms. The molecule has 8 heterocycles. The Morgan fingerprint density at radius 3 is 2.59 bits per heavy atom. The highest BCUT2D eigenvalue weighted by molar-refractivity contribution is 6.00. The maximum atomic E-state index is 16.0. The Morgan fingerprint density at radius 1 is 0.932 bits per heavy atom. The number of carbonyl (C=O) groups is 2. The van der Waals surface area contributed by atoms with Crippen molar-refractivity contribution in [3.8, 4) is 0 Å². The summed E-state index contributed by atoms with van der Waals surface area (Å²) in [7, 11) is 0. The van der Waals surface area contributed by atoms with Crippen molar-refractivity contribution in [2.75, 3.05) is 19.6 Å². The summed E-state index contributed by atoms with van der Waals surface area (Å²) in [5.41, 5.74) is 10.3. The Kier molecular flexibility index (Phi) is 6.86. The number of ether oxygens (including phenoxy) is 2.